The third-order valence-corrected chi connectivity index (χ3v) is 3.63. The molecule has 2 nitrogen and oxygen atoms in total. The Morgan fingerprint density at radius 2 is 2.13 bits per heavy atom. The van der Waals surface area contributed by atoms with E-state index in [2.05, 4.69) is 32.2 Å². The van der Waals surface area contributed by atoms with Gasteiger partial charge in [-0.25, -0.2) is 0 Å². The lowest BCUT2D eigenvalue weighted by Gasteiger charge is -2.11. The van der Waals surface area contributed by atoms with Crippen LogP contribution in [0.2, 0.25) is 0 Å². The monoisotopic (exact) mass is 204 g/mol. The molecule has 1 saturated carbocycles. The predicted octanol–water partition coefficient (Wildman–Crippen LogP) is 3.04. The van der Waals surface area contributed by atoms with Crippen molar-refractivity contribution in [2.45, 2.75) is 27.2 Å². The van der Waals surface area contributed by atoms with Gasteiger partial charge in [0.15, 0.2) is 0 Å². The van der Waals surface area contributed by atoms with Gasteiger partial charge in [0.2, 0.25) is 0 Å². The van der Waals surface area contributed by atoms with Crippen LogP contribution in [0.3, 0.4) is 0 Å². The second-order valence-corrected chi connectivity index (χ2v) is 5.29. The van der Waals surface area contributed by atoms with Crippen molar-refractivity contribution in [3.8, 4) is 0 Å². The summed E-state index contributed by atoms with van der Waals surface area (Å²) in [7, 11) is 0. The number of anilines is 2. The summed E-state index contributed by atoms with van der Waals surface area (Å²) in [4.78, 5) is 0. The second-order valence-electron chi connectivity index (χ2n) is 5.29. The third kappa shape index (κ3) is 2.09. The van der Waals surface area contributed by atoms with Crippen LogP contribution in [-0.2, 0) is 0 Å². The maximum absolute atomic E-state index is 5.86. The summed E-state index contributed by atoms with van der Waals surface area (Å²) in [6.45, 7) is 7.78. The van der Waals surface area contributed by atoms with E-state index in [0.717, 1.165) is 23.7 Å². The fourth-order valence-electron chi connectivity index (χ4n) is 2.00. The number of nitrogen functional groups attached to an aromatic ring is 1. The molecular weight excluding hydrogens is 184 g/mol. The molecular formula is C13H20N2. The minimum absolute atomic E-state index is 0.543. The van der Waals surface area contributed by atoms with Gasteiger partial charge in [-0.1, -0.05) is 19.9 Å². The van der Waals surface area contributed by atoms with Crippen molar-refractivity contribution in [3.63, 3.8) is 0 Å². The quantitative estimate of drug-likeness (QED) is 0.743. The molecule has 0 saturated heterocycles. The molecule has 2 heteroatoms. The third-order valence-electron chi connectivity index (χ3n) is 3.63. The van der Waals surface area contributed by atoms with Crippen LogP contribution in [0, 0.1) is 18.3 Å². The van der Waals surface area contributed by atoms with Gasteiger partial charge in [0.25, 0.3) is 0 Å². The molecule has 1 aliphatic carbocycles. The summed E-state index contributed by atoms with van der Waals surface area (Å²) < 4.78 is 0. The zero-order chi connectivity index (χ0) is 11.1. The van der Waals surface area contributed by atoms with E-state index >= 15 is 0 Å². The van der Waals surface area contributed by atoms with Gasteiger partial charge in [-0.2, -0.15) is 0 Å². The van der Waals surface area contributed by atoms with Gasteiger partial charge >= 0.3 is 0 Å². The Balaban J connectivity index is 1.97. The molecule has 0 bridgehead atoms. The molecule has 3 N–H and O–H groups in total. The highest BCUT2D eigenvalue weighted by atomic mass is 14.9. The second kappa shape index (κ2) is 3.44. The molecule has 1 aromatic rings. The van der Waals surface area contributed by atoms with E-state index in [1.807, 2.05) is 12.1 Å². The van der Waals surface area contributed by atoms with Gasteiger partial charge in [-0.05, 0) is 42.4 Å². The van der Waals surface area contributed by atoms with E-state index in [0.29, 0.717) is 5.41 Å². The molecule has 0 aromatic heterocycles. The average molecular weight is 204 g/mol. The Hall–Kier alpha value is -1.18. The number of benzene rings is 1. The smallest absolute Gasteiger partial charge is 0.0390 e. The Labute approximate surface area is 91.9 Å². The van der Waals surface area contributed by atoms with Crippen molar-refractivity contribution < 1.29 is 0 Å². The molecule has 0 spiro atoms. The average Bonchev–Trinajstić information content (AvgIpc) is 2.77. The van der Waals surface area contributed by atoms with Crippen LogP contribution in [-0.4, -0.2) is 6.54 Å². The van der Waals surface area contributed by atoms with Gasteiger partial charge in [-0.15, -0.1) is 0 Å². The first-order valence-electron chi connectivity index (χ1n) is 5.59. The maximum atomic E-state index is 5.86. The van der Waals surface area contributed by atoms with Crippen LogP contribution < -0.4 is 11.1 Å². The number of nitrogens with one attached hydrogen (secondary N) is 1. The van der Waals surface area contributed by atoms with Crippen molar-refractivity contribution in [3.05, 3.63) is 23.8 Å². The van der Waals surface area contributed by atoms with Gasteiger partial charge in [-0.3, -0.25) is 0 Å². The SMILES string of the molecule is Cc1c(N)cccc1NCC1CC1(C)C. The molecule has 0 heterocycles. The van der Waals surface area contributed by atoms with Crippen LogP contribution in [0.4, 0.5) is 11.4 Å². The molecule has 1 fully saturated rings. The lowest BCUT2D eigenvalue weighted by molar-refractivity contribution is 0.573. The van der Waals surface area contributed by atoms with Crippen molar-refractivity contribution in [2.75, 3.05) is 17.6 Å². The largest absolute Gasteiger partial charge is 0.398 e. The highest BCUT2D eigenvalue weighted by molar-refractivity contribution is 5.62. The first-order chi connectivity index (χ1) is 7.00. The highest BCUT2D eigenvalue weighted by Crippen LogP contribution is 2.51. The van der Waals surface area contributed by atoms with E-state index in [-0.39, 0.29) is 0 Å². The standard InChI is InChI=1S/C13H20N2/c1-9-11(14)5-4-6-12(9)15-8-10-7-13(10,2)3/h4-6,10,15H,7-8,14H2,1-3H3. The van der Waals surface area contributed by atoms with Crippen LogP contribution in [0.1, 0.15) is 25.8 Å². The molecule has 0 radical (unpaired) electrons. The predicted molar refractivity (Wildman–Crippen MR) is 66.0 cm³/mol. The van der Waals surface area contributed by atoms with E-state index in [1.54, 1.807) is 0 Å². The maximum Gasteiger partial charge on any atom is 0.0390 e. The molecule has 1 unspecified atom stereocenters. The lowest BCUT2D eigenvalue weighted by Crippen LogP contribution is -2.08. The van der Waals surface area contributed by atoms with Crippen molar-refractivity contribution >= 4 is 11.4 Å². The summed E-state index contributed by atoms with van der Waals surface area (Å²) in [5.74, 6) is 0.818. The number of hydrogen-bond donors (Lipinski definition) is 2. The van der Waals surface area contributed by atoms with Gasteiger partial charge in [0, 0.05) is 17.9 Å². The zero-order valence-electron chi connectivity index (χ0n) is 9.80. The van der Waals surface area contributed by atoms with E-state index in [1.165, 1.54) is 12.1 Å². The minimum atomic E-state index is 0.543. The summed E-state index contributed by atoms with van der Waals surface area (Å²) in [5.41, 5.74) is 9.61. The van der Waals surface area contributed by atoms with Crippen molar-refractivity contribution in [1.29, 1.82) is 0 Å². The molecule has 1 aromatic carbocycles. The van der Waals surface area contributed by atoms with Crippen molar-refractivity contribution in [1.82, 2.24) is 0 Å². The van der Waals surface area contributed by atoms with Crippen LogP contribution >= 0.6 is 0 Å². The van der Waals surface area contributed by atoms with E-state index in [9.17, 15) is 0 Å². The summed E-state index contributed by atoms with van der Waals surface area (Å²) in [5, 5.41) is 3.49. The summed E-state index contributed by atoms with van der Waals surface area (Å²) in [6.07, 6.45) is 1.33. The van der Waals surface area contributed by atoms with Crippen LogP contribution in [0.5, 0.6) is 0 Å². The zero-order valence-corrected chi connectivity index (χ0v) is 9.80. The summed E-state index contributed by atoms with van der Waals surface area (Å²) >= 11 is 0. The molecule has 15 heavy (non-hydrogen) atoms. The van der Waals surface area contributed by atoms with Crippen molar-refractivity contribution in [2.24, 2.45) is 11.3 Å². The lowest BCUT2D eigenvalue weighted by atomic mass is 10.1. The van der Waals surface area contributed by atoms with Crippen LogP contribution in [0.25, 0.3) is 0 Å². The Kier molecular flexibility index (Phi) is 2.37. The van der Waals surface area contributed by atoms with Gasteiger partial charge in [0.05, 0.1) is 0 Å². The molecule has 2 rings (SSSR count). The fourth-order valence-corrected chi connectivity index (χ4v) is 2.00. The Morgan fingerprint density at radius 1 is 1.47 bits per heavy atom. The minimum Gasteiger partial charge on any atom is -0.398 e. The Bertz CT molecular complexity index is 369. The summed E-state index contributed by atoms with van der Waals surface area (Å²) in [6, 6.07) is 6.05. The van der Waals surface area contributed by atoms with Gasteiger partial charge in [0.1, 0.15) is 0 Å². The number of rotatable bonds is 3. The van der Waals surface area contributed by atoms with E-state index < -0.39 is 0 Å². The van der Waals surface area contributed by atoms with Gasteiger partial charge < -0.3 is 11.1 Å². The number of hydrogen-bond acceptors (Lipinski definition) is 2. The van der Waals surface area contributed by atoms with Crippen LogP contribution in [0.15, 0.2) is 18.2 Å². The Morgan fingerprint density at radius 3 is 2.73 bits per heavy atom. The van der Waals surface area contributed by atoms with E-state index in [4.69, 9.17) is 5.73 Å². The fraction of sp³-hybridized carbons (Fsp3) is 0.538. The molecule has 82 valence electrons. The topological polar surface area (TPSA) is 38.0 Å². The first-order valence-corrected chi connectivity index (χ1v) is 5.59. The number of nitrogens with two attached hydrogens (primary N) is 1. The first kappa shape index (κ1) is 10.3. The molecule has 1 atom stereocenters. The molecule has 0 aliphatic heterocycles. The molecule has 1 aliphatic rings. The highest BCUT2D eigenvalue weighted by Gasteiger charge is 2.44. The normalized spacial score (nSPS) is 22.5. The molecule has 0 amide bonds.